The molecule has 1 amide bonds. The number of carbonyl (C=O) groups excluding carboxylic acids is 1. The minimum atomic E-state index is -0.789. The van der Waals surface area contributed by atoms with Crippen LogP contribution in [0, 0.1) is 17.8 Å². The number of carbonyl (C=O) groups is 2. The molecule has 0 bridgehead atoms. The van der Waals surface area contributed by atoms with E-state index in [0.29, 0.717) is 12.5 Å². The Balaban J connectivity index is 1.58. The molecular formula is C17H27NO3. The first-order valence-electron chi connectivity index (χ1n) is 8.70. The number of nitrogens with zero attached hydrogens (tertiary/aromatic N) is 1. The Labute approximate surface area is 126 Å². The summed E-state index contributed by atoms with van der Waals surface area (Å²) in [7, 11) is 0. The van der Waals surface area contributed by atoms with Crippen LogP contribution in [0.25, 0.3) is 0 Å². The topological polar surface area (TPSA) is 57.6 Å². The van der Waals surface area contributed by atoms with E-state index < -0.39 is 11.9 Å². The first-order valence-corrected chi connectivity index (χ1v) is 8.70. The largest absolute Gasteiger partial charge is 0.481 e. The molecule has 21 heavy (non-hydrogen) atoms. The zero-order valence-corrected chi connectivity index (χ0v) is 12.8. The summed E-state index contributed by atoms with van der Waals surface area (Å²) in [6.45, 7) is 0.846. The van der Waals surface area contributed by atoms with Gasteiger partial charge in [0.2, 0.25) is 5.91 Å². The lowest BCUT2D eigenvalue weighted by Gasteiger charge is -2.38. The van der Waals surface area contributed by atoms with E-state index in [1.807, 2.05) is 4.90 Å². The van der Waals surface area contributed by atoms with E-state index in [1.54, 1.807) is 0 Å². The van der Waals surface area contributed by atoms with Crippen LogP contribution < -0.4 is 0 Å². The molecule has 0 radical (unpaired) electrons. The van der Waals surface area contributed by atoms with Gasteiger partial charge in [-0.15, -0.1) is 0 Å². The van der Waals surface area contributed by atoms with E-state index in [0.717, 1.165) is 38.1 Å². The van der Waals surface area contributed by atoms with E-state index in [2.05, 4.69) is 0 Å². The summed E-state index contributed by atoms with van der Waals surface area (Å²) in [6, 6.07) is 0.385. The van der Waals surface area contributed by atoms with Gasteiger partial charge in [-0.05, 0) is 38.0 Å². The van der Waals surface area contributed by atoms with E-state index in [4.69, 9.17) is 5.11 Å². The molecule has 4 heteroatoms. The molecule has 4 nitrogen and oxygen atoms in total. The highest BCUT2D eigenvalue weighted by molar-refractivity contribution is 5.86. The van der Waals surface area contributed by atoms with Crippen molar-refractivity contribution >= 4 is 11.9 Å². The van der Waals surface area contributed by atoms with Crippen LogP contribution in [0.2, 0.25) is 0 Å². The Morgan fingerprint density at radius 2 is 1.62 bits per heavy atom. The molecule has 3 rings (SSSR count). The molecule has 0 aromatic carbocycles. The maximum atomic E-state index is 12.7. The van der Waals surface area contributed by atoms with Gasteiger partial charge in [-0.3, -0.25) is 9.59 Å². The van der Waals surface area contributed by atoms with Crippen LogP contribution in [-0.2, 0) is 9.59 Å². The molecule has 3 unspecified atom stereocenters. The second-order valence-electron chi connectivity index (χ2n) is 7.20. The Kier molecular flexibility index (Phi) is 4.51. The monoisotopic (exact) mass is 293 g/mol. The predicted molar refractivity (Wildman–Crippen MR) is 79.8 cm³/mol. The highest BCUT2D eigenvalue weighted by Crippen LogP contribution is 2.39. The molecule has 0 spiro atoms. The molecule has 118 valence electrons. The summed E-state index contributed by atoms with van der Waals surface area (Å²) < 4.78 is 0. The van der Waals surface area contributed by atoms with Crippen molar-refractivity contribution in [2.75, 3.05) is 6.54 Å². The van der Waals surface area contributed by atoms with Crippen LogP contribution in [0.15, 0.2) is 0 Å². The zero-order chi connectivity index (χ0) is 14.8. The summed E-state index contributed by atoms with van der Waals surface area (Å²) in [6.07, 6.45) is 11.5. The minimum absolute atomic E-state index is 0.131. The van der Waals surface area contributed by atoms with Gasteiger partial charge in [-0.2, -0.15) is 0 Å². The van der Waals surface area contributed by atoms with E-state index in [9.17, 15) is 9.59 Å². The fraction of sp³-hybridized carbons (Fsp3) is 0.882. The molecule has 1 aliphatic heterocycles. The normalized spacial score (nSPS) is 33.7. The number of rotatable bonds is 4. The molecule has 3 atom stereocenters. The van der Waals surface area contributed by atoms with Crippen molar-refractivity contribution in [3.05, 3.63) is 0 Å². The van der Waals surface area contributed by atoms with Gasteiger partial charge in [-0.25, -0.2) is 0 Å². The predicted octanol–water partition coefficient (Wildman–Crippen LogP) is 3.06. The average molecular weight is 293 g/mol. The molecule has 3 fully saturated rings. The van der Waals surface area contributed by atoms with Crippen molar-refractivity contribution in [2.45, 2.75) is 70.3 Å². The molecule has 2 saturated carbocycles. The number of aliphatic carboxylic acids is 1. The summed E-state index contributed by atoms with van der Waals surface area (Å²) in [4.78, 5) is 25.8. The van der Waals surface area contributed by atoms with Gasteiger partial charge in [0.25, 0.3) is 0 Å². The van der Waals surface area contributed by atoms with Crippen LogP contribution in [-0.4, -0.2) is 34.5 Å². The lowest BCUT2D eigenvalue weighted by atomic mass is 9.72. The fourth-order valence-electron chi connectivity index (χ4n) is 4.48. The Morgan fingerprint density at radius 3 is 2.24 bits per heavy atom. The van der Waals surface area contributed by atoms with Crippen LogP contribution in [0.1, 0.15) is 64.2 Å². The zero-order valence-electron chi connectivity index (χ0n) is 12.8. The van der Waals surface area contributed by atoms with Crippen molar-refractivity contribution in [3.8, 4) is 0 Å². The molecule has 1 saturated heterocycles. The Morgan fingerprint density at radius 1 is 0.905 bits per heavy atom. The van der Waals surface area contributed by atoms with Crippen molar-refractivity contribution in [1.82, 2.24) is 4.90 Å². The molecular weight excluding hydrogens is 266 g/mol. The van der Waals surface area contributed by atoms with Gasteiger partial charge in [0.05, 0.1) is 11.8 Å². The van der Waals surface area contributed by atoms with E-state index >= 15 is 0 Å². The Hall–Kier alpha value is -1.06. The van der Waals surface area contributed by atoms with E-state index in [1.165, 1.54) is 32.1 Å². The second-order valence-corrected chi connectivity index (χ2v) is 7.20. The van der Waals surface area contributed by atoms with Gasteiger partial charge >= 0.3 is 5.97 Å². The quantitative estimate of drug-likeness (QED) is 0.866. The van der Waals surface area contributed by atoms with Crippen molar-refractivity contribution in [1.29, 1.82) is 0 Å². The number of hydrogen-bond donors (Lipinski definition) is 1. The number of hydrogen-bond acceptors (Lipinski definition) is 2. The van der Waals surface area contributed by atoms with Crippen LogP contribution in [0.5, 0.6) is 0 Å². The van der Waals surface area contributed by atoms with Crippen molar-refractivity contribution in [2.24, 2.45) is 17.8 Å². The highest BCUT2D eigenvalue weighted by atomic mass is 16.4. The first-order chi connectivity index (χ1) is 10.2. The second kappa shape index (κ2) is 6.37. The lowest BCUT2D eigenvalue weighted by molar-refractivity contribution is -0.157. The third-order valence-corrected chi connectivity index (χ3v) is 5.90. The maximum absolute atomic E-state index is 12.7. The van der Waals surface area contributed by atoms with Gasteiger partial charge in [0.15, 0.2) is 0 Å². The highest BCUT2D eigenvalue weighted by Gasteiger charge is 2.45. The summed E-state index contributed by atoms with van der Waals surface area (Å²) >= 11 is 0. The summed E-state index contributed by atoms with van der Waals surface area (Å²) in [5.41, 5.74) is 0. The molecule has 1 heterocycles. The summed E-state index contributed by atoms with van der Waals surface area (Å²) in [5.74, 6) is -0.536. The first kappa shape index (κ1) is 14.9. The van der Waals surface area contributed by atoms with Crippen LogP contribution >= 0.6 is 0 Å². The van der Waals surface area contributed by atoms with E-state index in [-0.39, 0.29) is 11.8 Å². The van der Waals surface area contributed by atoms with Crippen molar-refractivity contribution in [3.63, 3.8) is 0 Å². The van der Waals surface area contributed by atoms with Crippen LogP contribution in [0.3, 0.4) is 0 Å². The number of carboxylic acids is 1. The number of amides is 1. The van der Waals surface area contributed by atoms with Gasteiger partial charge in [0, 0.05) is 12.6 Å². The third-order valence-electron chi connectivity index (χ3n) is 5.90. The lowest BCUT2D eigenvalue weighted by Crippen LogP contribution is -2.48. The molecule has 1 N–H and O–H groups in total. The fourth-order valence-corrected chi connectivity index (χ4v) is 4.48. The van der Waals surface area contributed by atoms with Crippen LogP contribution in [0.4, 0.5) is 0 Å². The van der Waals surface area contributed by atoms with Gasteiger partial charge in [-0.1, -0.05) is 32.1 Å². The molecule has 0 aromatic rings. The third kappa shape index (κ3) is 3.09. The number of likely N-dealkylation sites (tertiary alicyclic amines) is 1. The average Bonchev–Trinajstić information content (AvgIpc) is 2.86. The number of carboxylic acid groups (broad SMARTS) is 1. The standard InChI is InChI=1S/C17H27NO3/c19-16(14-8-9-15(14)17(20)21)18-10-4-7-13(18)11-12-5-2-1-3-6-12/h12-15H,1-11H2,(H,20,21). The maximum Gasteiger partial charge on any atom is 0.307 e. The Bertz CT molecular complexity index is 403. The molecule has 2 aliphatic carbocycles. The minimum Gasteiger partial charge on any atom is -0.481 e. The SMILES string of the molecule is O=C(O)C1CCC1C(=O)N1CCCC1CC1CCCCC1. The molecule has 3 aliphatic rings. The van der Waals surface area contributed by atoms with Crippen molar-refractivity contribution < 1.29 is 14.7 Å². The molecule has 0 aromatic heterocycles. The summed E-state index contributed by atoms with van der Waals surface area (Å²) in [5, 5.41) is 9.15. The van der Waals surface area contributed by atoms with Gasteiger partial charge in [0.1, 0.15) is 0 Å². The van der Waals surface area contributed by atoms with Gasteiger partial charge < -0.3 is 10.0 Å². The smallest absolute Gasteiger partial charge is 0.307 e.